The van der Waals surface area contributed by atoms with Gasteiger partial charge in [0.15, 0.2) is 0 Å². The molecular weight excluding hydrogens is 180 g/mol. The molecule has 0 heterocycles. The van der Waals surface area contributed by atoms with Gasteiger partial charge >= 0.3 is 0 Å². The molecule has 0 rings (SSSR count). The van der Waals surface area contributed by atoms with Gasteiger partial charge in [-0.15, -0.1) is 0 Å². The minimum atomic E-state index is 1.23. The van der Waals surface area contributed by atoms with Crippen molar-refractivity contribution in [2.75, 3.05) is 0 Å². The highest BCUT2D eigenvalue weighted by Gasteiger charge is 1.89. The van der Waals surface area contributed by atoms with Gasteiger partial charge in [-0.05, 0) is 38.3 Å². The van der Waals surface area contributed by atoms with Crippen LogP contribution in [0.15, 0.2) is 17.7 Å². The highest BCUT2D eigenvalue weighted by atomic mass is 14.0. The summed E-state index contributed by atoms with van der Waals surface area (Å²) in [4.78, 5) is 0. The van der Waals surface area contributed by atoms with Crippen LogP contribution in [0.1, 0.15) is 72.1 Å². The molecular formula is C15H27. The minimum absolute atomic E-state index is 1.23. The van der Waals surface area contributed by atoms with Gasteiger partial charge in [-0.2, -0.15) is 0 Å². The summed E-state index contributed by atoms with van der Waals surface area (Å²) in [5.74, 6) is 0. The molecule has 0 aliphatic rings. The lowest BCUT2D eigenvalue weighted by molar-refractivity contribution is 0.592. The predicted octanol–water partition coefficient (Wildman–Crippen LogP) is 5.45. The topological polar surface area (TPSA) is 0 Å². The van der Waals surface area contributed by atoms with Crippen molar-refractivity contribution in [3.63, 3.8) is 0 Å². The van der Waals surface area contributed by atoms with Crippen molar-refractivity contribution in [1.29, 1.82) is 0 Å². The van der Waals surface area contributed by atoms with E-state index in [-0.39, 0.29) is 0 Å². The number of allylic oxidation sites excluding steroid dienone is 4. The molecule has 0 aromatic rings. The average molecular weight is 207 g/mol. The van der Waals surface area contributed by atoms with E-state index in [1.54, 1.807) is 0 Å². The van der Waals surface area contributed by atoms with Crippen molar-refractivity contribution in [1.82, 2.24) is 0 Å². The van der Waals surface area contributed by atoms with Crippen molar-refractivity contribution < 1.29 is 0 Å². The average Bonchev–Trinajstić information content (AvgIpc) is 2.26. The van der Waals surface area contributed by atoms with E-state index in [2.05, 4.69) is 32.1 Å². The number of rotatable bonds is 9. The lowest BCUT2D eigenvalue weighted by Gasteiger charge is -1.98. The summed E-state index contributed by atoms with van der Waals surface area (Å²) in [6.45, 7) is 6.33. The molecule has 0 unspecified atom stereocenters. The van der Waals surface area contributed by atoms with Crippen LogP contribution in [0.4, 0.5) is 0 Å². The first-order valence-corrected chi connectivity index (χ1v) is 6.49. The molecule has 1 radical (unpaired) electrons. The molecule has 87 valence electrons. The summed E-state index contributed by atoms with van der Waals surface area (Å²) in [6, 6.07) is 0. The van der Waals surface area contributed by atoms with Gasteiger partial charge in [0.1, 0.15) is 0 Å². The highest BCUT2D eigenvalue weighted by Crippen LogP contribution is 2.08. The molecule has 15 heavy (non-hydrogen) atoms. The first kappa shape index (κ1) is 14.5. The van der Waals surface area contributed by atoms with E-state index in [4.69, 9.17) is 0 Å². The van der Waals surface area contributed by atoms with Gasteiger partial charge < -0.3 is 0 Å². The molecule has 0 heteroatoms. The second-order valence-electron chi connectivity index (χ2n) is 4.25. The smallest absolute Gasteiger partial charge is 0.0348 e. The summed E-state index contributed by atoms with van der Waals surface area (Å²) >= 11 is 0. The molecule has 0 amide bonds. The van der Waals surface area contributed by atoms with E-state index >= 15 is 0 Å². The van der Waals surface area contributed by atoms with Crippen LogP contribution < -0.4 is 0 Å². The van der Waals surface area contributed by atoms with Gasteiger partial charge in [0.2, 0.25) is 0 Å². The second kappa shape index (κ2) is 11.6. The zero-order valence-corrected chi connectivity index (χ0v) is 10.8. The molecule has 0 aliphatic heterocycles. The summed E-state index contributed by atoms with van der Waals surface area (Å²) in [5, 5.41) is 0. The highest BCUT2D eigenvalue weighted by molar-refractivity contribution is 5.11. The molecule has 0 N–H and O–H groups in total. The van der Waals surface area contributed by atoms with E-state index in [0.717, 1.165) is 0 Å². The van der Waals surface area contributed by atoms with Crippen molar-refractivity contribution >= 4 is 0 Å². The van der Waals surface area contributed by atoms with Gasteiger partial charge in [0, 0.05) is 0 Å². The Morgan fingerprint density at radius 2 is 1.60 bits per heavy atom. The Kier molecular flexibility index (Phi) is 11.2. The van der Waals surface area contributed by atoms with Crippen LogP contribution in [0.5, 0.6) is 0 Å². The fourth-order valence-corrected chi connectivity index (χ4v) is 1.56. The SMILES string of the molecule is C/[C]=C(\C)C=CCCCCCCCCC. The van der Waals surface area contributed by atoms with Crippen LogP contribution in [0, 0.1) is 6.08 Å². The summed E-state index contributed by atoms with van der Waals surface area (Å²) in [7, 11) is 0. The normalized spacial score (nSPS) is 12.6. The van der Waals surface area contributed by atoms with Crippen LogP contribution >= 0.6 is 0 Å². The molecule has 0 saturated carbocycles. The van der Waals surface area contributed by atoms with Crippen molar-refractivity contribution in [3.8, 4) is 0 Å². The zero-order chi connectivity index (χ0) is 11.4. The standard InChI is InChI=1S/C15H27/c1-4-6-7-8-9-10-11-12-13-14-15(3)5-2/h13-14H,4,6-12H2,1-3H3. The summed E-state index contributed by atoms with van der Waals surface area (Å²) in [6.07, 6.45) is 18.6. The molecule has 0 aromatic carbocycles. The molecule has 0 aliphatic carbocycles. The van der Waals surface area contributed by atoms with E-state index in [9.17, 15) is 0 Å². The van der Waals surface area contributed by atoms with E-state index in [0.29, 0.717) is 0 Å². The first-order chi connectivity index (χ1) is 7.31. The molecule has 0 saturated heterocycles. The Balaban J connectivity index is 3.14. The van der Waals surface area contributed by atoms with Crippen LogP contribution in [-0.2, 0) is 0 Å². The van der Waals surface area contributed by atoms with Crippen LogP contribution in [0.3, 0.4) is 0 Å². The largest absolute Gasteiger partial charge is 0.0843 e. The molecule has 0 aromatic heterocycles. The van der Waals surface area contributed by atoms with Crippen molar-refractivity contribution in [2.24, 2.45) is 0 Å². The fraction of sp³-hybridized carbons (Fsp3) is 0.733. The molecule has 0 bridgehead atoms. The Hall–Kier alpha value is -0.520. The minimum Gasteiger partial charge on any atom is -0.0843 e. The lowest BCUT2D eigenvalue weighted by Crippen LogP contribution is -1.79. The fourth-order valence-electron chi connectivity index (χ4n) is 1.56. The Bertz CT molecular complexity index is 174. The number of hydrogen-bond donors (Lipinski definition) is 0. The molecule has 0 nitrogen and oxygen atoms in total. The summed E-state index contributed by atoms with van der Waals surface area (Å²) < 4.78 is 0. The van der Waals surface area contributed by atoms with Gasteiger partial charge in [-0.3, -0.25) is 0 Å². The number of hydrogen-bond acceptors (Lipinski definition) is 0. The van der Waals surface area contributed by atoms with E-state index in [1.807, 2.05) is 6.92 Å². The maximum atomic E-state index is 3.12. The van der Waals surface area contributed by atoms with Gasteiger partial charge in [-0.1, -0.05) is 57.6 Å². The maximum absolute atomic E-state index is 3.12. The number of unbranched alkanes of at least 4 members (excludes halogenated alkanes) is 7. The van der Waals surface area contributed by atoms with Crippen molar-refractivity contribution in [2.45, 2.75) is 72.1 Å². The van der Waals surface area contributed by atoms with Gasteiger partial charge in [0.05, 0.1) is 0 Å². The predicted molar refractivity (Wildman–Crippen MR) is 69.9 cm³/mol. The molecule has 0 atom stereocenters. The van der Waals surface area contributed by atoms with Crippen LogP contribution in [0.2, 0.25) is 0 Å². The Labute approximate surface area is 96.5 Å². The Morgan fingerprint density at radius 3 is 2.20 bits per heavy atom. The van der Waals surface area contributed by atoms with Crippen LogP contribution in [0.25, 0.3) is 0 Å². The summed E-state index contributed by atoms with van der Waals surface area (Å²) in [5.41, 5.74) is 1.25. The third-order valence-corrected chi connectivity index (χ3v) is 2.74. The second-order valence-corrected chi connectivity index (χ2v) is 4.25. The maximum Gasteiger partial charge on any atom is -0.0348 e. The third-order valence-electron chi connectivity index (χ3n) is 2.74. The third kappa shape index (κ3) is 11.4. The van der Waals surface area contributed by atoms with Gasteiger partial charge in [-0.25, -0.2) is 0 Å². The monoisotopic (exact) mass is 207 g/mol. The quantitative estimate of drug-likeness (QED) is 0.348. The molecule has 0 spiro atoms. The van der Waals surface area contributed by atoms with Crippen LogP contribution in [-0.4, -0.2) is 0 Å². The zero-order valence-electron chi connectivity index (χ0n) is 10.8. The first-order valence-electron chi connectivity index (χ1n) is 6.49. The van der Waals surface area contributed by atoms with Gasteiger partial charge in [0.25, 0.3) is 0 Å². The Morgan fingerprint density at radius 1 is 1.00 bits per heavy atom. The van der Waals surface area contributed by atoms with E-state index < -0.39 is 0 Å². The van der Waals surface area contributed by atoms with Crippen molar-refractivity contribution in [3.05, 3.63) is 23.8 Å². The lowest BCUT2D eigenvalue weighted by atomic mass is 10.1. The van der Waals surface area contributed by atoms with E-state index in [1.165, 1.54) is 56.9 Å². The molecule has 0 fully saturated rings.